The van der Waals surface area contributed by atoms with Crippen molar-refractivity contribution < 1.29 is 23.5 Å². The van der Waals surface area contributed by atoms with Gasteiger partial charge in [0.25, 0.3) is 0 Å². The second kappa shape index (κ2) is 7.97. The number of alkyl halides is 1. The van der Waals surface area contributed by atoms with E-state index in [1.165, 1.54) is 26.4 Å². The van der Waals surface area contributed by atoms with Crippen molar-refractivity contribution in [3.05, 3.63) is 58.4 Å². The van der Waals surface area contributed by atoms with E-state index in [1.54, 1.807) is 18.5 Å². The van der Waals surface area contributed by atoms with Gasteiger partial charge >= 0.3 is 11.9 Å². The molecule has 1 atom stereocenters. The number of hydrogen-bond donors (Lipinski definition) is 3. The Labute approximate surface area is 191 Å². The maximum absolute atomic E-state index is 14.1. The SMILES string of the molecule is COC(=O)c1[nH]c(C(=O)OC)c(-c2c[nH]c3ccc(F)cc23)c1-c1c[nH]c2c1=CC(Cl)CC=2. The third-order valence-electron chi connectivity index (χ3n) is 5.81. The van der Waals surface area contributed by atoms with Crippen LogP contribution >= 0.6 is 11.6 Å². The Kier molecular flexibility index (Phi) is 5.09. The van der Waals surface area contributed by atoms with E-state index in [9.17, 15) is 14.0 Å². The van der Waals surface area contributed by atoms with Gasteiger partial charge in [0.1, 0.15) is 17.2 Å². The Morgan fingerprint density at radius 3 is 2.39 bits per heavy atom. The van der Waals surface area contributed by atoms with Crippen LogP contribution in [0.15, 0.2) is 30.6 Å². The predicted octanol–water partition coefficient (Wildman–Crippen LogP) is 3.44. The average Bonchev–Trinajstić information content (AvgIpc) is 3.51. The quantitative estimate of drug-likeness (QED) is 0.316. The molecule has 5 rings (SSSR count). The van der Waals surface area contributed by atoms with Crippen LogP contribution in [0.25, 0.3) is 45.3 Å². The number of aromatic amines is 3. The zero-order valence-corrected chi connectivity index (χ0v) is 18.5. The Hall–Kier alpha value is -3.78. The van der Waals surface area contributed by atoms with E-state index in [-0.39, 0.29) is 16.8 Å². The smallest absolute Gasteiger partial charge is 0.355 e. The van der Waals surface area contributed by atoms with Crippen LogP contribution in [0.2, 0.25) is 0 Å². The van der Waals surface area contributed by atoms with Crippen LogP contribution in [0.5, 0.6) is 0 Å². The second-order valence-corrected chi connectivity index (χ2v) is 8.21. The fourth-order valence-electron chi connectivity index (χ4n) is 4.33. The summed E-state index contributed by atoms with van der Waals surface area (Å²) in [5.41, 5.74) is 2.81. The molecule has 0 fully saturated rings. The number of nitrogens with one attached hydrogen (secondary N) is 3. The number of aromatic nitrogens is 3. The molecule has 33 heavy (non-hydrogen) atoms. The fourth-order valence-corrected chi connectivity index (χ4v) is 4.55. The van der Waals surface area contributed by atoms with Gasteiger partial charge < -0.3 is 24.4 Å². The molecule has 7 nitrogen and oxygen atoms in total. The van der Waals surface area contributed by atoms with Crippen molar-refractivity contribution in [1.29, 1.82) is 0 Å². The number of carbonyl (C=O) groups is 2. The summed E-state index contributed by atoms with van der Waals surface area (Å²) in [5, 5.41) is 1.98. The van der Waals surface area contributed by atoms with Gasteiger partial charge in [-0.15, -0.1) is 11.6 Å². The van der Waals surface area contributed by atoms with E-state index >= 15 is 0 Å². The van der Waals surface area contributed by atoms with Crippen molar-refractivity contribution in [2.45, 2.75) is 11.8 Å². The molecule has 4 aromatic rings. The highest BCUT2D eigenvalue weighted by atomic mass is 35.5. The number of ether oxygens (including phenoxy) is 2. The molecule has 168 valence electrons. The van der Waals surface area contributed by atoms with Crippen molar-refractivity contribution in [1.82, 2.24) is 15.0 Å². The van der Waals surface area contributed by atoms with E-state index in [0.29, 0.717) is 39.6 Å². The van der Waals surface area contributed by atoms with E-state index in [2.05, 4.69) is 15.0 Å². The summed E-state index contributed by atoms with van der Waals surface area (Å²) in [4.78, 5) is 34.8. The minimum Gasteiger partial charge on any atom is -0.464 e. The van der Waals surface area contributed by atoms with Crippen molar-refractivity contribution >= 4 is 46.6 Å². The van der Waals surface area contributed by atoms with Crippen LogP contribution in [0, 0.1) is 5.82 Å². The van der Waals surface area contributed by atoms with Gasteiger partial charge in [-0.05, 0) is 24.6 Å². The molecular formula is C24H19ClFN3O4. The monoisotopic (exact) mass is 467 g/mol. The van der Waals surface area contributed by atoms with Crippen LogP contribution in [0.4, 0.5) is 4.39 Å². The lowest BCUT2D eigenvalue weighted by Crippen LogP contribution is -2.29. The molecule has 3 N–H and O–H groups in total. The number of H-pyrrole nitrogens is 3. The highest BCUT2D eigenvalue weighted by Crippen LogP contribution is 2.41. The fraction of sp³-hybridized carbons (Fsp3) is 0.167. The molecule has 0 saturated heterocycles. The first-order valence-electron chi connectivity index (χ1n) is 10.2. The van der Waals surface area contributed by atoms with Gasteiger partial charge in [0.15, 0.2) is 0 Å². The standard InChI is InChI=1S/C24H19ClFN3O4/c1-32-23(30)21-19(15-9-27-17-5-3-11(25)7-13(15)17)20(22(29-21)24(31)33-2)16-10-28-18-6-4-12(26)8-14(16)18/h4-11,27-29H,3H2,1-2H3. The van der Waals surface area contributed by atoms with Crippen LogP contribution in [0.3, 0.4) is 0 Å². The van der Waals surface area contributed by atoms with Crippen molar-refractivity contribution in [2.75, 3.05) is 14.2 Å². The van der Waals surface area contributed by atoms with Crippen LogP contribution in [-0.4, -0.2) is 46.5 Å². The molecule has 0 amide bonds. The Morgan fingerprint density at radius 1 is 1.03 bits per heavy atom. The van der Waals surface area contributed by atoms with Crippen molar-refractivity contribution in [3.8, 4) is 22.3 Å². The van der Waals surface area contributed by atoms with E-state index in [4.69, 9.17) is 21.1 Å². The summed E-state index contributed by atoms with van der Waals surface area (Å²) in [6.45, 7) is 0. The molecule has 0 spiro atoms. The van der Waals surface area contributed by atoms with Gasteiger partial charge in [-0.3, -0.25) is 0 Å². The summed E-state index contributed by atoms with van der Waals surface area (Å²) in [7, 11) is 2.51. The highest BCUT2D eigenvalue weighted by Gasteiger charge is 2.31. The number of benzene rings is 1. The number of rotatable bonds is 4. The van der Waals surface area contributed by atoms with Gasteiger partial charge in [-0.2, -0.15) is 0 Å². The molecule has 0 saturated carbocycles. The summed E-state index contributed by atoms with van der Waals surface area (Å²) in [5.74, 6) is -1.77. The zero-order valence-electron chi connectivity index (χ0n) is 17.7. The van der Waals surface area contributed by atoms with Crippen molar-refractivity contribution in [3.63, 3.8) is 0 Å². The van der Waals surface area contributed by atoms with Gasteiger partial charge in [-0.25, -0.2) is 14.0 Å². The molecule has 1 unspecified atom stereocenters. The third-order valence-corrected chi connectivity index (χ3v) is 6.11. The van der Waals surface area contributed by atoms with Crippen molar-refractivity contribution in [2.24, 2.45) is 0 Å². The average molecular weight is 468 g/mol. The number of methoxy groups -OCH3 is 2. The molecule has 1 aromatic carbocycles. The van der Waals surface area contributed by atoms with Gasteiger partial charge in [0, 0.05) is 56.1 Å². The third kappa shape index (κ3) is 3.34. The molecule has 0 bridgehead atoms. The molecule has 3 aromatic heterocycles. The van der Waals surface area contributed by atoms with Gasteiger partial charge in [0.05, 0.1) is 19.6 Å². The number of carbonyl (C=O) groups excluding carboxylic acids is 2. The molecule has 9 heteroatoms. The van der Waals surface area contributed by atoms with Gasteiger partial charge in [-0.1, -0.05) is 12.2 Å². The summed E-state index contributed by atoms with van der Waals surface area (Å²) in [6.07, 6.45) is 7.95. The Bertz CT molecular complexity index is 1550. The topological polar surface area (TPSA) is 100.0 Å². The highest BCUT2D eigenvalue weighted by molar-refractivity contribution is 6.24. The van der Waals surface area contributed by atoms with Crippen LogP contribution in [0.1, 0.15) is 27.4 Å². The first kappa shape index (κ1) is 21.1. The van der Waals surface area contributed by atoms with E-state index < -0.39 is 17.8 Å². The second-order valence-electron chi connectivity index (χ2n) is 7.65. The number of halogens is 2. The lowest BCUT2D eigenvalue weighted by atomic mass is 9.94. The number of hydrogen-bond acceptors (Lipinski definition) is 4. The molecule has 0 radical (unpaired) electrons. The number of fused-ring (bicyclic) bond motifs is 2. The predicted molar refractivity (Wildman–Crippen MR) is 123 cm³/mol. The molecular weight excluding hydrogens is 449 g/mol. The first-order chi connectivity index (χ1) is 15.9. The normalized spacial score (nSPS) is 15.0. The van der Waals surface area contributed by atoms with Crippen LogP contribution < -0.4 is 10.6 Å². The van der Waals surface area contributed by atoms with E-state index in [1.807, 2.05) is 12.2 Å². The molecule has 3 heterocycles. The summed E-state index contributed by atoms with van der Waals surface area (Å²) in [6, 6.07) is 4.33. The zero-order chi connectivity index (χ0) is 23.3. The molecule has 1 aliphatic carbocycles. The van der Waals surface area contributed by atoms with Gasteiger partial charge in [0.2, 0.25) is 0 Å². The lowest BCUT2D eigenvalue weighted by Gasteiger charge is -2.09. The molecule has 1 aliphatic rings. The minimum absolute atomic E-state index is 0.0511. The van der Waals surface area contributed by atoms with Crippen LogP contribution in [-0.2, 0) is 9.47 Å². The number of esters is 2. The first-order valence-corrected chi connectivity index (χ1v) is 10.6. The summed E-state index contributed by atoms with van der Waals surface area (Å²) < 4.78 is 24.1. The Balaban J connectivity index is 1.93. The maximum Gasteiger partial charge on any atom is 0.355 e. The van der Waals surface area contributed by atoms with E-state index in [0.717, 1.165) is 10.6 Å². The lowest BCUT2D eigenvalue weighted by molar-refractivity contribution is 0.0591. The molecule has 0 aliphatic heterocycles. The Morgan fingerprint density at radius 2 is 1.70 bits per heavy atom. The largest absolute Gasteiger partial charge is 0.464 e. The maximum atomic E-state index is 14.1. The minimum atomic E-state index is -0.678. The summed E-state index contributed by atoms with van der Waals surface area (Å²) >= 11 is 6.38.